The fourth-order valence-corrected chi connectivity index (χ4v) is 5.36. The molecule has 0 aromatic carbocycles. The van der Waals surface area contributed by atoms with Crippen LogP contribution in [0.3, 0.4) is 0 Å². The average Bonchev–Trinajstić information content (AvgIpc) is 3.02. The number of alkyl halides is 1. The van der Waals surface area contributed by atoms with Crippen molar-refractivity contribution in [3.05, 3.63) is 12.2 Å². The van der Waals surface area contributed by atoms with Crippen molar-refractivity contribution in [2.24, 2.45) is 11.8 Å². The Labute approximate surface area is 132 Å². The Morgan fingerprint density at radius 2 is 2.00 bits per heavy atom. The van der Waals surface area contributed by atoms with Crippen LogP contribution >= 0.6 is 11.6 Å². The number of halogens is 1. The molecule has 0 unspecified atom stereocenters. The van der Waals surface area contributed by atoms with Crippen LogP contribution in [0.5, 0.6) is 0 Å². The maximum Gasteiger partial charge on any atom is 0.334 e. The summed E-state index contributed by atoms with van der Waals surface area (Å²) < 4.78 is 11.1. The maximum absolute atomic E-state index is 11.9. The Morgan fingerprint density at radius 3 is 2.64 bits per heavy atom. The summed E-state index contributed by atoms with van der Waals surface area (Å²) in [5.41, 5.74) is -3.75. The largest absolute Gasteiger partial charge is 0.458 e. The molecule has 2 heterocycles. The topological polar surface area (TPSA) is 99.5 Å². The standard InChI is InChI=1S/C15H19ClO6/c1-5-7-6(17)4-13(2,19)15-9(8(7)21-12(5)18)14(3,20)10(16)11(15)22-15/h6-11,17,19-20H,1,4H2,2-3H3/t6-,7+,8-,9-,10-,11+,13-,14+,15-/m0/s1. The van der Waals surface area contributed by atoms with Gasteiger partial charge in [-0.1, -0.05) is 6.58 Å². The van der Waals surface area contributed by atoms with E-state index in [2.05, 4.69) is 6.58 Å². The molecule has 122 valence electrons. The summed E-state index contributed by atoms with van der Waals surface area (Å²) in [7, 11) is 0. The van der Waals surface area contributed by atoms with E-state index in [1.165, 1.54) is 0 Å². The van der Waals surface area contributed by atoms with Gasteiger partial charge in [-0.15, -0.1) is 11.6 Å². The lowest BCUT2D eigenvalue weighted by molar-refractivity contribution is -0.159. The van der Waals surface area contributed by atoms with Crippen LogP contribution in [-0.2, 0) is 14.3 Å². The first-order valence-electron chi connectivity index (χ1n) is 7.40. The second-order valence-electron chi connectivity index (χ2n) is 7.40. The molecule has 0 radical (unpaired) electrons. The van der Waals surface area contributed by atoms with Gasteiger partial charge in [0.1, 0.15) is 17.8 Å². The third kappa shape index (κ3) is 1.39. The molecule has 0 amide bonds. The molecule has 4 fully saturated rings. The summed E-state index contributed by atoms with van der Waals surface area (Å²) in [6.07, 6.45) is -2.36. The van der Waals surface area contributed by atoms with E-state index in [1.54, 1.807) is 13.8 Å². The van der Waals surface area contributed by atoms with Gasteiger partial charge in [-0.05, 0) is 13.8 Å². The number of aliphatic hydroxyl groups excluding tert-OH is 1. The van der Waals surface area contributed by atoms with Gasteiger partial charge in [0, 0.05) is 12.0 Å². The van der Waals surface area contributed by atoms with Crippen molar-refractivity contribution in [3.8, 4) is 0 Å². The molecule has 22 heavy (non-hydrogen) atoms. The van der Waals surface area contributed by atoms with Crippen LogP contribution in [0.15, 0.2) is 12.2 Å². The van der Waals surface area contributed by atoms with Crippen molar-refractivity contribution in [1.29, 1.82) is 0 Å². The fraction of sp³-hybridized carbons (Fsp3) is 0.800. The molecule has 0 aromatic rings. The molecule has 2 saturated carbocycles. The third-order valence-electron chi connectivity index (χ3n) is 6.06. The van der Waals surface area contributed by atoms with Gasteiger partial charge in [0.25, 0.3) is 0 Å². The molecule has 3 N–H and O–H groups in total. The highest BCUT2D eigenvalue weighted by atomic mass is 35.5. The van der Waals surface area contributed by atoms with Crippen molar-refractivity contribution in [2.45, 2.75) is 60.8 Å². The maximum atomic E-state index is 11.9. The normalized spacial score (nSPS) is 62.8. The van der Waals surface area contributed by atoms with E-state index in [9.17, 15) is 20.1 Å². The zero-order valence-corrected chi connectivity index (χ0v) is 13.1. The van der Waals surface area contributed by atoms with Crippen molar-refractivity contribution in [3.63, 3.8) is 0 Å². The predicted molar refractivity (Wildman–Crippen MR) is 75.1 cm³/mol. The van der Waals surface area contributed by atoms with E-state index >= 15 is 0 Å². The summed E-state index contributed by atoms with van der Waals surface area (Å²) in [4.78, 5) is 11.9. The Balaban J connectivity index is 1.90. The van der Waals surface area contributed by atoms with Gasteiger partial charge in [0.15, 0.2) is 0 Å². The second-order valence-corrected chi connectivity index (χ2v) is 7.87. The molecule has 9 atom stereocenters. The third-order valence-corrected chi connectivity index (χ3v) is 6.73. The highest BCUT2D eigenvalue weighted by Crippen LogP contribution is 2.69. The van der Waals surface area contributed by atoms with Crippen LogP contribution < -0.4 is 0 Å². The molecule has 7 heteroatoms. The van der Waals surface area contributed by atoms with E-state index < -0.39 is 58.3 Å². The number of ether oxygens (including phenoxy) is 2. The quantitative estimate of drug-likeness (QED) is 0.245. The van der Waals surface area contributed by atoms with E-state index in [0.29, 0.717) is 0 Å². The van der Waals surface area contributed by atoms with Gasteiger partial charge in [-0.2, -0.15) is 0 Å². The Morgan fingerprint density at radius 1 is 1.36 bits per heavy atom. The van der Waals surface area contributed by atoms with Gasteiger partial charge in [0.2, 0.25) is 0 Å². The summed E-state index contributed by atoms with van der Waals surface area (Å²) in [5.74, 6) is -1.99. The summed E-state index contributed by atoms with van der Waals surface area (Å²) in [6.45, 7) is 6.84. The molecule has 0 aromatic heterocycles. The van der Waals surface area contributed by atoms with Gasteiger partial charge < -0.3 is 24.8 Å². The Kier molecular flexibility index (Phi) is 2.62. The first-order valence-corrected chi connectivity index (χ1v) is 7.84. The van der Waals surface area contributed by atoms with E-state index in [0.717, 1.165) is 0 Å². The molecule has 1 spiro atoms. The first-order chi connectivity index (χ1) is 10.1. The lowest BCUT2D eigenvalue weighted by Gasteiger charge is -2.40. The van der Waals surface area contributed by atoms with Gasteiger partial charge >= 0.3 is 5.97 Å². The number of hydrogen-bond donors (Lipinski definition) is 3. The first kappa shape index (κ1) is 14.9. The van der Waals surface area contributed by atoms with Crippen molar-refractivity contribution in [1.82, 2.24) is 0 Å². The fourth-order valence-electron chi connectivity index (χ4n) is 4.99. The van der Waals surface area contributed by atoms with Crippen LogP contribution in [0, 0.1) is 11.8 Å². The van der Waals surface area contributed by atoms with Crippen molar-refractivity contribution in [2.75, 3.05) is 0 Å². The minimum atomic E-state index is -1.40. The second kappa shape index (κ2) is 3.87. The molecule has 2 aliphatic carbocycles. The van der Waals surface area contributed by atoms with Crippen molar-refractivity contribution >= 4 is 17.6 Å². The molecule has 6 nitrogen and oxygen atoms in total. The van der Waals surface area contributed by atoms with Crippen LogP contribution in [0.2, 0.25) is 0 Å². The lowest BCUT2D eigenvalue weighted by Crippen LogP contribution is -2.56. The minimum absolute atomic E-state index is 0.00346. The SMILES string of the molecule is C=C1C(=O)O[C@H]2[C@H]1[C@@H](O)C[C@](C)(O)[C@@]13O[C@@H]1[C@H](Cl)[C@](C)(O)[C@H]23. The smallest absolute Gasteiger partial charge is 0.334 e. The molecule has 4 rings (SSSR count). The summed E-state index contributed by atoms with van der Waals surface area (Å²) >= 11 is 6.33. The number of epoxide rings is 1. The number of fused-ring (bicyclic) bond motifs is 2. The number of esters is 1. The van der Waals surface area contributed by atoms with Gasteiger partial charge in [-0.3, -0.25) is 0 Å². The van der Waals surface area contributed by atoms with E-state index in [4.69, 9.17) is 21.1 Å². The van der Waals surface area contributed by atoms with Crippen LogP contribution in [0.25, 0.3) is 0 Å². The lowest BCUT2D eigenvalue weighted by atomic mass is 9.73. The molecule has 2 aliphatic heterocycles. The van der Waals surface area contributed by atoms with Gasteiger partial charge in [-0.25, -0.2) is 4.79 Å². The molecular weight excluding hydrogens is 312 g/mol. The van der Waals surface area contributed by atoms with E-state index in [-0.39, 0.29) is 12.0 Å². The zero-order chi connectivity index (χ0) is 16.2. The Hall–Kier alpha value is -0.660. The van der Waals surface area contributed by atoms with Gasteiger partial charge in [0.05, 0.1) is 34.5 Å². The number of rotatable bonds is 0. The summed E-state index contributed by atoms with van der Waals surface area (Å²) in [6, 6.07) is 0. The van der Waals surface area contributed by atoms with E-state index in [1.807, 2.05) is 0 Å². The van der Waals surface area contributed by atoms with Crippen molar-refractivity contribution < 1.29 is 29.6 Å². The highest BCUT2D eigenvalue weighted by molar-refractivity contribution is 6.22. The predicted octanol–water partition coefficient (Wildman–Crippen LogP) is -0.274. The zero-order valence-electron chi connectivity index (χ0n) is 12.3. The minimum Gasteiger partial charge on any atom is -0.458 e. The number of aliphatic hydroxyl groups is 3. The molecule has 2 saturated heterocycles. The highest BCUT2D eigenvalue weighted by Gasteiger charge is 2.86. The summed E-state index contributed by atoms with van der Waals surface area (Å²) in [5, 5.41) is 31.6. The number of hydrogen-bond acceptors (Lipinski definition) is 6. The van der Waals surface area contributed by atoms with Crippen LogP contribution in [-0.4, -0.2) is 61.8 Å². The Bertz CT molecular complexity index is 587. The van der Waals surface area contributed by atoms with Crippen LogP contribution in [0.1, 0.15) is 20.3 Å². The molecular formula is C15H19ClO6. The van der Waals surface area contributed by atoms with Crippen LogP contribution in [0.4, 0.5) is 0 Å². The average molecular weight is 331 g/mol. The molecule has 4 aliphatic rings. The number of carbonyl (C=O) groups is 1. The monoisotopic (exact) mass is 330 g/mol. The number of carbonyl (C=O) groups excluding carboxylic acids is 1. The molecule has 0 bridgehead atoms.